The molecule has 2 rings (SSSR count). The van der Waals surface area contributed by atoms with Crippen molar-refractivity contribution in [3.05, 3.63) is 59.1 Å². The summed E-state index contributed by atoms with van der Waals surface area (Å²) in [6.07, 6.45) is 1.00. The number of benzene rings is 2. The first-order valence-electron chi connectivity index (χ1n) is 10.4. The molecule has 0 saturated heterocycles. The number of ether oxygens (including phenoxy) is 1. The molecule has 0 spiro atoms. The molecule has 0 fully saturated rings. The van der Waals surface area contributed by atoms with Gasteiger partial charge in [0.2, 0.25) is 21.8 Å². The lowest BCUT2D eigenvalue weighted by atomic mass is 10.1. The van der Waals surface area contributed by atoms with Crippen LogP contribution in [0.3, 0.4) is 0 Å². The number of para-hydroxylation sites is 1. The lowest BCUT2D eigenvalue weighted by molar-refractivity contribution is -0.139. The van der Waals surface area contributed by atoms with Crippen LogP contribution in [0.1, 0.15) is 26.3 Å². The summed E-state index contributed by atoms with van der Waals surface area (Å²) in [6, 6.07) is 12.5. The number of methoxy groups -OCH3 is 1. The van der Waals surface area contributed by atoms with Crippen LogP contribution in [0.4, 0.5) is 5.69 Å². The highest BCUT2D eigenvalue weighted by molar-refractivity contribution is 7.92. The van der Waals surface area contributed by atoms with Crippen LogP contribution in [-0.4, -0.2) is 57.1 Å². The largest absolute Gasteiger partial charge is 0.497 e. The summed E-state index contributed by atoms with van der Waals surface area (Å²) in [5.41, 5.74) is 0.922. The van der Waals surface area contributed by atoms with Gasteiger partial charge >= 0.3 is 0 Å². The van der Waals surface area contributed by atoms with E-state index in [0.717, 1.165) is 16.1 Å². The third-order valence-electron chi connectivity index (χ3n) is 4.89. The van der Waals surface area contributed by atoms with E-state index in [9.17, 15) is 18.0 Å². The number of carbonyl (C=O) groups is 2. The SMILES string of the molecule is COc1cccc(CN(C(=O)CN(c2ccccc2Cl)S(C)(=O)=O)[C@H](C)C(=O)NC(C)C)c1. The number of nitrogens with zero attached hydrogens (tertiary/aromatic N) is 2. The number of anilines is 1. The van der Waals surface area contributed by atoms with E-state index in [-0.39, 0.29) is 29.2 Å². The summed E-state index contributed by atoms with van der Waals surface area (Å²) < 4.78 is 31.3. The summed E-state index contributed by atoms with van der Waals surface area (Å²) in [6.45, 7) is 4.83. The topological polar surface area (TPSA) is 96.0 Å². The van der Waals surface area contributed by atoms with Gasteiger partial charge in [-0.1, -0.05) is 35.9 Å². The lowest BCUT2D eigenvalue weighted by Crippen LogP contribution is -2.52. The summed E-state index contributed by atoms with van der Waals surface area (Å²) in [5, 5.41) is 3.00. The Hall–Kier alpha value is -2.78. The van der Waals surface area contributed by atoms with Crippen molar-refractivity contribution in [1.82, 2.24) is 10.2 Å². The summed E-state index contributed by atoms with van der Waals surface area (Å²) in [4.78, 5) is 27.5. The number of nitrogens with one attached hydrogen (secondary N) is 1. The van der Waals surface area contributed by atoms with Crippen molar-refractivity contribution < 1.29 is 22.7 Å². The number of amides is 2. The molecule has 0 radical (unpaired) electrons. The van der Waals surface area contributed by atoms with E-state index in [2.05, 4.69) is 5.32 Å². The van der Waals surface area contributed by atoms with Gasteiger partial charge in [0.05, 0.1) is 24.1 Å². The van der Waals surface area contributed by atoms with Gasteiger partial charge in [-0.2, -0.15) is 0 Å². The molecule has 2 amide bonds. The maximum absolute atomic E-state index is 13.4. The Morgan fingerprint density at radius 1 is 1.09 bits per heavy atom. The molecule has 180 valence electrons. The molecule has 0 aliphatic heterocycles. The second-order valence-corrected chi connectivity index (χ2v) is 10.2. The molecule has 0 heterocycles. The van der Waals surface area contributed by atoms with E-state index >= 15 is 0 Å². The van der Waals surface area contributed by atoms with Crippen molar-refractivity contribution >= 4 is 39.1 Å². The van der Waals surface area contributed by atoms with E-state index in [1.54, 1.807) is 49.4 Å². The van der Waals surface area contributed by atoms with E-state index in [1.165, 1.54) is 18.1 Å². The molecule has 0 unspecified atom stereocenters. The Bertz CT molecular complexity index is 1090. The van der Waals surface area contributed by atoms with Crippen molar-refractivity contribution in [2.24, 2.45) is 0 Å². The van der Waals surface area contributed by atoms with Crippen LogP contribution in [0.25, 0.3) is 0 Å². The first-order valence-corrected chi connectivity index (χ1v) is 12.6. The minimum atomic E-state index is -3.84. The minimum absolute atomic E-state index is 0.0861. The Morgan fingerprint density at radius 3 is 2.33 bits per heavy atom. The zero-order valence-corrected chi connectivity index (χ0v) is 21.0. The van der Waals surface area contributed by atoms with E-state index in [1.807, 2.05) is 13.8 Å². The molecule has 0 aliphatic carbocycles. The third kappa shape index (κ3) is 7.36. The average molecular weight is 496 g/mol. The fraction of sp³-hybridized carbons (Fsp3) is 0.391. The van der Waals surface area contributed by atoms with Crippen LogP contribution in [0.15, 0.2) is 48.5 Å². The second kappa shape index (κ2) is 11.4. The zero-order chi connectivity index (χ0) is 24.8. The Morgan fingerprint density at radius 2 is 1.76 bits per heavy atom. The van der Waals surface area contributed by atoms with Gasteiger partial charge in [-0.3, -0.25) is 13.9 Å². The van der Waals surface area contributed by atoms with Gasteiger partial charge in [0.1, 0.15) is 18.3 Å². The van der Waals surface area contributed by atoms with Gasteiger partial charge in [0, 0.05) is 12.6 Å². The van der Waals surface area contributed by atoms with Gasteiger partial charge in [0.15, 0.2) is 0 Å². The van der Waals surface area contributed by atoms with Gasteiger partial charge in [0.25, 0.3) is 0 Å². The lowest BCUT2D eigenvalue weighted by Gasteiger charge is -2.32. The van der Waals surface area contributed by atoms with Crippen LogP contribution in [0, 0.1) is 0 Å². The predicted molar refractivity (Wildman–Crippen MR) is 130 cm³/mol. The molecular weight excluding hydrogens is 466 g/mol. The first-order chi connectivity index (χ1) is 15.4. The normalized spacial score (nSPS) is 12.2. The zero-order valence-electron chi connectivity index (χ0n) is 19.4. The maximum Gasteiger partial charge on any atom is 0.244 e. The molecule has 0 aromatic heterocycles. The Balaban J connectivity index is 2.42. The average Bonchev–Trinajstić information content (AvgIpc) is 2.74. The van der Waals surface area contributed by atoms with Crippen LogP contribution < -0.4 is 14.4 Å². The molecule has 0 aliphatic rings. The third-order valence-corrected chi connectivity index (χ3v) is 6.33. The molecule has 1 atom stereocenters. The minimum Gasteiger partial charge on any atom is -0.497 e. The van der Waals surface area contributed by atoms with Crippen molar-refractivity contribution in [3.63, 3.8) is 0 Å². The number of hydrogen-bond acceptors (Lipinski definition) is 5. The van der Waals surface area contributed by atoms with Crippen LogP contribution in [0.5, 0.6) is 5.75 Å². The van der Waals surface area contributed by atoms with E-state index in [4.69, 9.17) is 16.3 Å². The number of rotatable bonds is 10. The predicted octanol–water partition coefficient (Wildman–Crippen LogP) is 3.06. The van der Waals surface area contributed by atoms with Crippen molar-refractivity contribution in [2.75, 3.05) is 24.2 Å². The Kier molecular flexibility index (Phi) is 9.13. The number of carbonyl (C=O) groups excluding carboxylic acids is 2. The summed E-state index contributed by atoms with van der Waals surface area (Å²) >= 11 is 6.21. The van der Waals surface area contributed by atoms with Gasteiger partial charge < -0.3 is 15.0 Å². The highest BCUT2D eigenvalue weighted by atomic mass is 35.5. The van der Waals surface area contributed by atoms with Crippen LogP contribution >= 0.6 is 11.6 Å². The molecule has 2 aromatic carbocycles. The van der Waals surface area contributed by atoms with Gasteiger partial charge in [-0.05, 0) is 50.6 Å². The van der Waals surface area contributed by atoms with Gasteiger partial charge in [-0.15, -0.1) is 0 Å². The molecule has 8 nitrogen and oxygen atoms in total. The highest BCUT2D eigenvalue weighted by Gasteiger charge is 2.31. The smallest absolute Gasteiger partial charge is 0.244 e. The standard InChI is InChI=1S/C23H30ClN3O5S/c1-16(2)25-23(29)17(3)26(14-18-9-8-10-19(13-18)32-4)22(28)15-27(33(5,30)31)21-12-7-6-11-20(21)24/h6-13,16-17H,14-15H2,1-5H3,(H,25,29)/t17-/m1/s1. The van der Waals surface area contributed by atoms with Crippen LogP contribution in [-0.2, 0) is 26.2 Å². The molecule has 1 N–H and O–H groups in total. The van der Waals surface area contributed by atoms with Crippen molar-refractivity contribution in [2.45, 2.75) is 39.4 Å². The molecule has 0 saturated carbocycles. The highest BCUT2D eigenvalue weighted by Crippen LogP contribution is 2.27. The maximum atomic E-state index is 13.4. The van der Waals surface area contributed by atoms with Crippen LogP contribution in [0.2, 0.25) is 5.02 Å². The van der Waals surface area contributed by atoms with Gasteiger partial charge in [-0.25, -0.2) is 8.42 Å². The molecule has 10 heteroatoms. The molecule has 33 heavy (non-hydrogen) atoms. The second-order valence-electron chi connectivity index (χ2n) is 7.93. The number of halogens is 1. The fourth-order valence-electron chi connectivity index (χ4n) is 3.20. The number of hydrogen-bond donors (Lipinski definition) is 1. The summed E-state index contributed by atoms with van der Waals surface area (Å²) in [5.74, 6) is -0.285. The molecule has 2 aromatic rings. The van der Waals surface area contributed by atoms with Crippen molar-refractivity contribution in [3.8, 4) is 5.75 Å². The van der Waals surface area contributed by atoms with E-state index in [0.29, 0.717) is 5.75 Å². The quantitative estimate of drug-likeness (QED) is 0.546. The fourth-order valence-corrected chi connectivity index (χ4v) is 4.35. The molecular formula is C23H30ClN3O5S. The van der Waals surface area contributed by atoms with E-state index < -0.39 is 28.5 Å². The first kappa shape index (κ1) is 26.5. The Labute approximate surface area is 200 Å². The monoisotopic (exact) mass is 495 g/mol. The van der Waals surface area contributed by atoms with Crippen molar-refractivity contribution in [1.29, 1.82) is 0 Å². The number of sulfonamides is 1. The molecule has 0 bridgehead atoms. The summed E-state index contributed by atoms with van der Waals surface area (Å²) in [7, 11) is -2.30.